The minimum atomic E-state index is -0.754. The number of ketones is 1. The third-order valence-electron chi connectivity index (χ3n) is 6.38. The Balaban J connectivity index is 1.90. The van der Waals surface area contributed by atoms with Gasteiger partial charge in [-0.2, -0.15) is 0 Å². The molecule has 1 atom stereocenters. The molecule has 2 heterocycles. The highest BCUT2D eigenvalue weighted by Crippen LogP contribution is 2.41. The lowest BCUT2D eigenvalue weighted by Crippen LogP contribution is -2.29. The predicted octanol–water partition coefficient (Wildman–Crippen LogP) is 4.95. The van der Waals surface area contributed by atoms with E-state index in [4.69, 9.17) is 4.74 Å². The number of methoxy groups -OCH3 is 1. The average molecular weight is 457 g/mol. The first-order chi connectivity index (χ1) is 16.2. The summed E-state index contributed by atoms with van der Waals surface area (Å²) in [5.74, 6) is -0.851. The zero-order valence-electron chi connectivity index (χ0n) is 20.0. The van der Waals surface area contributed by atoms with Gasteiger partial charge in [0.05, 0.1) is 18.7 Å². The highest BCUT2D eigenvalue weighted by atomic mass is 16.5. The van der Waals surface area contributed by atoms with Gasteiger partial charge in [0, 0.05) is 24.5 Å². The summed E-state index contributed by atoms with van der Waals surface area (Å²) in [5, 5.41) is 11.4. The van der Waals surface area contributed by atoms with Crippen LogP contribution < -0.4 is 4.74 Å². The maximum Gasteiger partial charge on any atom is 0.295 e. The molecule has 0 spiro atoms. The fraction of sp³-hybridized carbons (Fsp3) is 0.250. The molecule has 174 valence electrons. The van der Waals surface area contributed by atoms with Crippen LogP contribution in [0, 0.1) is 27.7 Å². The Labute approximate surface area is 199 Å². The Morgan fingerprint density at radius 1 is 1.03 bits per heavy atom. The number of benzene rings is 2. The van der Waals surface area contributed by atoms with Gasteiger partial charge in [-0.1, -0.05) is 29.8 Å². The Morgan fingerprint density at radius 3 is 2.47 bits per heavy atom. The van der Waals surface area contributed by atoms with Crippen LogP contribution >= 0.6 is 0 Å². The number of ether oxygens (including phenoxy) is 1. The summed E-state index contributed by atoms with van der Waals surface area (Å²) in [7, 11) is 1.59. The summed E-state index contributed by atoms with van der Waals surface area (Å²) in [6.07, 6.45) is 3.27. The van der Waals surface area contributed by atoms with Crippen LogP contribution in [0.3, 0.4) is 0 Å². The summed E-state index contributed by atoms with van der Waals surface area (Å²) in [6, 6.07) is 12.5. The summed E-state index contributed by atoms with van der Waals surface area (Å²) < 4.78 is 5.38. The molecule has 1 amide bonds. The molecule has 2 aromatic carbocycles. The second-order valence-corrected chi connectivity index (χ2v) is 8.78. The quantitative estimate of drug-likeness (QED) is 0.334. The van der Waals surface area contributed by atoms with E-state index in [0.29, 0.717) is 16.9 Å². The van der Waals surface area contributed by atoms with Crippen molar-refractivity contribution >= 4 is 17.4 Å². The number of hydrogen-bond acceptors (Lipinski definition) is 5. The van der Waals surface area contributed by atoms with Crippen molar-refractivity contribution in [3.8, 4) is 5.75 Å². The standard InChI is InChI=1S/C28H28N2O4/c1-16-8-9-17(2)21(11-16)15-30-25(20-7-6-10-29-14-20)24(27(32)28(30)33)26(31)22-12-19(4)23(34-5)13-18(22)3/h6-14,25,31H,15H2,1-5H3/b26-24+. The Kier molecular flexibility index (Phi) is 6.24. The summed E-state index contributed by atoms with van der Waals surface area (Å²) in [4.78, 5) is 32.3. The Morgan fingerprint density at radius 2 is 1.79 bits per heavy atom. The van der Waals surface area contributed by atoms with Gasteiger partial charge in [-0.25, -0.2) is 0 Å². The van der Waals surface area contributed by atoms with E-state index in [0.717, 1.165) is 27.8 Å². The molecule has 1 saturated heterocycles. The number of aromatic nitrogens is 1. The van der Waals surface area contributed by atoms with E-state index in [1.165, 1.54) is 4.90 Å². The molecule has 34 heavy (non-hydrogen) atoms. The number of pyridine rings is 1. The highest BCUT2D eigenvalue weighted by Gasteiger charge is 2.46. The fourth-order valence-corrected chi connectivity index (χ4v) is 4.49. The summed E-state index contributed by atoms with van der Waals surface area (Å²) in [5.41, 5.74) is 5.83. The fourth-order valence-electron chi connectivity index (χ4n) is 4.49. The number of aryl methyl sites for hydroxylation is 4. The van der Waals surface area contributed by atoms with E-state index in [-0.39, 0.29) is 17.9 Å². The van der Waals surface area contributed by atoms with Gasteiger partial charge in [-0.15, -0.1) is 0 Å². The lowest BCUT2D eigenvalue weighted by atomic mass is 9.93. The first kappa shape index (κ1) is 23.2. The normalized spacial score (nSPS) is 17.3. The van der Waals surface area contributed by atoms with E-state index >= 15 is 0 Å². The molecule has 0 radical (unpaired) electrons. The van der Waals surface area contributed by atoms with E-state index in [1.807, 2.05) is 58.0 Å². The molecular weight excluding hydrogens is 428 g/mol. The second-order valence-electron chi connectivity index (χ2n) is 8.78. The van der Waals surface area contributed by atoms with Crippen LogP contribution in [0.25, 0.3) is 5.76 Å². The van der Waals surface area contributed by atoms with Crippen molar-refractivity contribution in [1.29, 1.82) is 0 Å². The third-order valence-corrected chi connectivity index (χ3v) is 6.38. The topological polar surface area (TPSA) is 79.7 Å². The van der Waals surface area contributed by atoms with Crippen LogP contribution in [0.2, 0.25) is 0 Å². The molecule has 4 rings (SSSR count). The van der Waals surface area contributed by atoms with Gasteiger partial charge in [-0.05, 0) is 73.7 Å². The van der Waals surface area contributed by atoms with Gasteiger partial charge in [-0.3, -0.25) is 14.6 Å². The monoisotopic (exact) mass is 456 g/mol. The molecule has 1 unspecified atom stereocenters. The molecule has 0 bridgehead atoms. The minimum Gasteiger partial charge on any atom is -0.507 e. The van der Waals surface area contributed by atoms with Crippen molar-refractivity contribution in [2.45, 2.75) is 40.3 Å². The predicted molar refractivity (Wildman–Crippen MR) is 130 cm³/mol. The number of carbonyl (C=O) groups is 2. The van der Waals surface area contributed by atoms with Gasteiger partial charge >= 0.3 is 0 Å². The van der Waals surface area contributed by atoms with Crippen molar-refractivity contribution in [3.63, 3.8) is 0 Å². The molecule has 1 fully saturated rings. The smallest absolute Gasteiger partial charge is 0.295 e. The number of hydrogen-bond donors (Lipinski definition) is 1. The number of carbonyl (C=O) groups excluding carboxylic acids is 2. The molecule has 1 aliphatic rings. The van der Waals surface area contributed by atoms with Crippen molar-refractivity contribution in [1.82, 2.24) is 9.88 Å². The number of amides is 1. The van der Waals surface area contributed by atoms with Gasteiger partial charge in [0.25, 0.3) is 11.7 Å². The van der Waals surface area contributed by atoms with Crippen LogP contribution in [0.5, 0.6) is 5.75 Å². The molecule has 1 aromatic heterocycles. The van der Waals surface area contributed by atoms with Gasteiger partial charge in [0.1, 0.15) is 11.5 Å². The maximum atomic E-state index is 13.3. The van der Waals surface area contributed by atoms with Crippen molar-refractivity contribution in [2.24, 2.45) is 0 Å². The first-order valence-electron chi connectivity index (χ1n) is 11.1. The van der Waals surface area contributed by atoms with E-state index in [2.05, 4.69) is 4.98 Å². The number of rotatable bonds is 5. The molecule has 0 aliphatic carbocycles. The van der Waals surface area contributed by atoms with Crippen LogP contribution in [-0.2, 0) is 16.1 Å². The molecule has 1 N–H and O–H groups in total. The lowest BCUT2D eigenvalue weighted by Gasteiger charge is -2.26. The average Bonchev–Trinajstić information content (AvgIpc) is 3.07. The summed E-state index contributed by atoms with van der Waals surface area (Å²) >= 11 is 0. The third kappa shape index (κ3) is 4.07. The number of Topliss-reactive ketones (excluding diaryl/α,β-unsaturated/α-hetero) is 1. The highest BCUT2D eigenvalue weighted by molar-refractivity contribution is 6.46. The van der Waals surface area contributed by atoms with E-state index < -0.39 is 17.7 Å². The van der Waals surface area contributed by atoms with Crippen molar-refractivity contribution < 1.29 is 19.4 Å². The second kappa shape index (κ2) is 9.14. The largest absolute Gasteiger partial charge is 0.507 e. The van der Waals surface area contributed by atoms with E-state index in [9.17, 15) is 14.7 Å². The van der Waals surface area contributed by atoms with E-state index in [1.54, 1.807) is 31.6 Å². The first-order valence-corrected chi connectivity index (χ1v) is 11.1. The zero-order chi connectivity index (χ0) is 24.6. The Bertz CT molecular complexity index is 1310. The minimum absolute atomic E-state index is 0.0657. The molecular formula is C28H28N2O4. The molecule has 6 heteroatoms. The van der Waals surface area contributed by atoms with Gasteiger partial charge in [0.2, 0.25) is 0 Å². The number of aliphatic hydroxyl groups excluding tert-OH is 1. The Hall–Kier alpha value is -3.93. The zero-order valence-corrected chi connectivity index (χ0v) is 20.0. The molecule has 1 aliphatic heterocycles. The maximum absolute atomic E-state index is 13.3. The van der Waals surface area contributed by atoms with Crippen LogP contribution in [0.4, 0.5) is 0 Å². The number of nitrogens with zero attached hydrogens (tertiary/aromatic N) is 2. The van der Waals surface area contributed by atoms with Gasteiger partial charge in [0.15, 0.2) is 0 Å². The van der Waals surface area contributed by atoms with Crippen LogP contribution in [0.1, 0.15) is 45.0 Å². The molecule has 3 aromatic rings. The van der Waals surface area contributed by atoms with Crippen molar-refractivity contribution in [3.05, 3.63) is 99.4 Å². The molecule has 0 saturated carbocycles. The SMILES string of the molecule is COc1cc(C)c(/C(O)=C2\C(=O)C(=O)N(Cc3cc(C)ccc3C)C2c2cccnc2)cc1C. The molecule has 6 nitrogen and oxygen atoms in total. The summed E-state index contributed by atoms with van der Waals surface area (Å²) in [6.45, 7) is 7.92. The van der Waals surface area contributed by atoms with Crippen molar-refractivity contribution in [2.75, 3.05) is 7.11 Å². The van der Waals surface area contributed by atoms with Crippen LogP contribution in [0.15, 0.2) is 60.4 Å². The lowest BCUT2D eigenvalue weighted by molar-refractivity contribution is -0.140. The number of aliphatic hydroxyl groups is 1. The van der Waals surface area contributed by atoms with Crippen LogP contribution in [-0.4, -0.2) is 33.8 Å². The number of likely N-dealkylation sites (tertiary alicyclic amines) is 1. The van der Waals surface area contributed by atoms with Gasteiger partial charge < -0.3 is 14.7 Å².